The molecule has 0 N–H and O–H groups in total. The van der Waals surface area contributed by atoms with E-state index in [0.717, 1.165) is 22.6 Å². The molecule has 0 amide bonds. The topological polar surface area (TPSA) is 27.2 Å². The highest BCUT2D eigenvalue weighted by Crippen LogP contribution is 2.45. The van der Waals surface area contributed by atoms with E-state index < -0.39 is 0 Å². The van der Waals surface area contributed by atoms with Crippen LogP contribution in [0, 0.1) is 0 Å². The SMILES string of the molecule is c1ccc(-n2c3cc4c5ccccc5n(-c5ccc(-c6cn7ccccc7n6)cc5)c4cc3c3ccc4c5ccccc5sc4c32)cc1. The minimum atomic E-state index is 0.950. The lowest BCUT2D eigenvalue weighted by atomic mass is 10.1. The molecule has 0 fully saturated rings. The third-order valence-electron chi connectivity index (χ3n) is 9.87. The molecule has 0 aliphatic rings. The van der Waals surface area contributed by atoms with Crippen molar-refractivity contribution in [2.75, 3.05) is 0 Å². The molecule has 0 bridgehead atoms. The quantitative estimate of drug-likeness (QED) is 0.191. The first kappa shape index (κ1) is 26.0. The van der Waals surface area contributed by atoms with E-state index in [-0.39, 0.29) is 0 Å². The number of rotatable bonds is 3. The number of hydrogen-bond donors (Lipinski definition) is 0. The Hall–Kier alpha value is -6.17. The molecule has 0 aliphatic heterocycles. The van der Waals surface area contributed by atoms with Crippen LogP contribution < -0.4 is 0 Å². The molecule has 0 aliphatic carbocycles. The summed E-state index contributed by atoms with van der Waals surface area (Å²) in [7, 11) is 0. The normalized spacial score (nSPS) is 12.2. The van der Waals surface area contributed by atoms with Crippen LogP contribution in [0.2, 0.25) is 0 Å². The molecule has 0 unspecified atom stereocenters. The Morgan fingerprint density at radius 3 is 2.02 bits per heavy atom. The van der Waals surface area contributed by atoms with Crippen LogP contribution in [0.3, 0.4) is 0 Å². The van der Waals surface area contributed by atoms with Gasteiger partial charge in [-0.05, 0) is 60.7 Å². The summed E-state index contributed by atoms with van der Waals surface area (Å²) in [4.78, 5) is 4.86. The van der Waals surface area contributed by atoms with Crippen molar-refractivity contribution >= 4 is 80.8 Å². The summed E-state index contributed by atoms with van der Waals surface area (Å²) in [6.07, 6.45) is 4.14. The third kappa shape index (κ3) is 3.56. The largest absolute Gasteiger partial charge is 0.309 e. The van der Waals surface area contributed by atoms with E-state index in [4.69, 9.17) is 4.98 Å². The summed E-state index contributed by atoms with van der Waals surface area (Å²) in [6, 6.07) is 52.8. The summed E-state index contributed by atoms with van der Waals surface area (Å²) >= 11 is 1.89. The van der Waals surface area contributed by atoms with Gasteiger partial charge in [-0.3, -0.25) is 0 Å². The van der Waals surface area contributed by atoms with Crippen LogP contribution >= 0.6 is 11.3 Å². The Balaban J connectivity index is 1.21. The molecule has 0 saturated heterocycles. The van der Waals surface area contributed by atoms with Crippen LogP contribution in [0.5, 0.6) is 0 Å². The molecule has 224 valence electrons. The zero-order valence-electron chi connectivity index (χ0n) is 25.7. The second-order valence-corrected chi connectivity index (χ2v) is 13.5. The van der Waals surface area contributed by atoms with Gasteiger partial charge >= 0.3 is 0 Å². The smallest absolute Gasteiger partial charge is 0.137 e. The van der Waals surface area contributed by atoms with Gasteiger partial charge < -0.3 is 13.5 Å². The molecule has 11 rings (SSSR count). The maximum atomic E-state index is 4.86. The van der Waals surface area contributed by atoms with Gasteiger partial charge in [0.25, 0.3) is 0 Å². The summed E-state index contributed by atoms with van der Waals surface area (Å²) in [6.45, 7) is 0. The summed E-state index contributed by atoms with van der Waals surface area (Å²) < 4.78 is 9.62. The van der Waals surface area contributed by atoms with Crippen molar-refractivity contribution in [1.82, 2.24) is 18.5 Å². The molecule has 0 radical (unpaired) electrons. The van der Waals surface area contributed by atoms with E-state index in [1.54, 1.807) is 0 Å². The molecule has 4 nitrogen and oxygen atoms in total. The summed E-state index contributed by atoms with van der Waals surface area (Å²) in [5.41, 5.74) is 10.2. The van der Waals surface area contributed by atoms with Crippen molar-refractivity contribution in [2.45, 2.75) is 0 Å². The lowest BCUT2D eigenvalue weighted by molar-refractivity contribution is 1.18. The number of thiophene rings is 1. The second-order valence-electron chi connectivity index (χ2n) is 12.5. The highest BCUT2D eigenvalue weighted by molar-refractivity contribution is 7.26. The highest BCUT2D eigenvalue weighted by Gasteiger charge is 2.21. The maximum absolute atomic E-state index is 4.86. The van der Waals surface area contributed by atoms with Crippen LogP contribution in [0.15, 0.2) is 158 Å². The molecule has 5 heterocycles. The lowest BCUT2D eigenvalue weighted by Gasteiger charge is -2.10. The molecule has 48 heavy (non-hydrogen) atoms. The predicted octanol–water partition coefficient (Wildman–Crippen LogP) is 11.6. The third-order valence-corrected chi connectivity index (χ3v) is 11.1. The first-order valence-electron chi connectivity index (χ1n) is 16.2. The molecule has 5 aromatic heterocycles. The average Bonchev–Trinajstić information content (AvgIpc) is 3.90. The van der Waals surface area contributed by atoms with Gasteiger partial charge in [0.15, 0.2) is 0 Å². The second kappa shape index (κ2) is 9.67. The highest BCUT2D eigenvalue weighted by atomic mass is 32.1. The molecule has 5 heteroatoms. The van der Waals surface area contributed by atoms with Crippen molar-refractivity contribution in [1.29, 1.82) is 0 Å². The standard InChI is InChI=1S/C43H26N4S/c1-2-10-28(11-3-1)47-39-24-34-30-12-4-6-14-37(30)46(29-19-17-27(18-20-29)36-26-45-23-9-8-16-41(45)44-36)38(34)25-35(39)32-21-22-33-31-13-5-7-15-40(31)48-43(33)42(32)47/h1-26H. The number of aromatic nitrogens is 4. The average molecular weight is 631 g/mol. The Morgan fingerprint density at radius 1 is 0.479 bits per heavy atom. The van der Waals surface area contributed by atoms with Gasteiger partial charge in [-0.2, -0.15) is 0 Å². The van der Waals surface area contributed by atoms with Gasteiger partial charge in [0.05, 0.1) is 32.5 Å². The minimum Gasteiger partial charge on any atom is -0.309 e. The fourth-order valence-electron chi connectivity index (χ4n) is 7.72. The van der Waals surface area contributed by atoms with Gasteiger partial charge in [0.1, 0.15) is 5.65 Å². The van der Waals surface area contributed by atoms with E-state index in [9.17, 15) is 0 Å². The van der Waals surface area contributed by atoms with Gasteiger partial charge in [0, 0.05) is 66.3 Å². The van der Waals surface area contributed by atoms with Crippen molar-refractivity contribution < 1.29 is 0 Å². The van der Waals surface area contributed by atoms with Crippen molar-refractivity contribution in [3.05, 3.63) is 158 Å². The monoisotopic (exact) mass is 630 g/mol. The number of para-hydroxylation sites is 2. The Bertz CT molecular complexity index is 3010. The number of nitrogens with zero attached hydrogens (tertiary/aromatic N) is 4. The van der Waals surface area contributed by atoms with Crippen molar-refractivity contribution in [2.24, 2.45) is 0 Å². The molecule has 0 atom stereocenters. The van der Waals surface area contributed by atoms with Crippen molar-refractivity contribution in [3.8, 4) is 22.6 Å². The van der Waals surface area contributed by atoms with Gasteiger partial charge in [-0.15, -0.1) is 11.3 Å². The zero-order valence-corrected chi connectivity index (χ0v) is 26.5. The van der Waals surface area contributed by atoms with Crippen LogP contribution in [0.4, 0.5) is 0 Å². The van der Waals surface area contributed by atoms with E-state index in [2.05, 4.69) is 147 Å². The van der Waals surface area contributed by atoms with E-state index in [0.29, 0.717) is 0 Å². The van der Waals surface area contributed by atoms with E-state index >= 15 is 0 Å². The Morgan fingerprint density at radius 2 is 1.17 bits per heavy atom. The molecular formula is C43H26N4S. The fourth-order valence-corrected chi connectivity index (χ4v) is 8.96. The van der Waals surface area contributed by atoms with Crippen LogP contribution in [-0.2, 0) is 0 Å². The molecule has 11 aromatic rings. The fraction of sp³-hybridized carbons (Fsp3) is 0. The van der Waals surface area contributed by atoms with Crippen LogP contribution in [-0.4, -0.2) is 18.5 Å². The number of hydrogen-bond acceptors (Lipinski definition) is 2. The zero-order chi connectivity index (χ0) is 31.3. The van der Waals surface area contributed by atoms with E-state index in [1.807, 2.05) is 35.7 Å². The molecule has 6 aromatic carbocycles. The predicted molar refractivity (Wildman–Crippen MR) is 202 cm³/mol. The first-order chi connectivity index (χ1) is 23.8. The molecule has 0 saturated carbocycles. The summed E-state index contributed by atoms with van der Waals surface area (Å²) in [5, 5.41) is 7.65. The minimum absolute atomic E-state index is 0.950. The lowest BCUT2D eigenvalue weighted by Crippen LogP contribution is -1.95. The number of fused-ring (bicyclic) bond motifs is 11. The number of pyridine rings is 1. The maximum Gasteiger partial charge on any atom is 0.137 e. The van der Waals surface area contributed by atoms with Gasteiger partial charge in [0.2, 0.25) is 0 Å². The Labute approximate surface area is 279 Å². The first-order valence-corrected chi connectivity index (χ1v) is 17.0. The van der Waals surface area contributed by atoms with Crippen molar-refractivity contribution in [3.63, 3.8) is 0 Å². The van der Waals surface area contributed by atoms with Gasteiger partial charge in [-0.1, -0.05) is 84.9 Å². The van der Waals surface area contributed by atoms with Gasteiger partial charge in [-0.25, -0.2) is 4.98 Å². The molecule has 0 spiro atoms. The molecular weight excluding hydrogens is 605 g/mol. The van der Waals surface area contributed by atoms with E-state index in [1.165, 1.54) is 69.5 Å². The summed E-state index contributed by atoms with van der Waals surface area (Å²) in [5.74, 6) is 0. The van der Waals surface area contributed by atoms with Crippen LogP contribution in [0.25, 0.3) is 92.1 Å². The number of imidazole rings is 1. The number of benzene rings is 6. The Kier molecular flexibility index (Phi) is 5.23. The van der Waals surface area contributed by atoms with Crippen LogP contribution in [0.1, 0.15) is 0 Å².